The highest BCUT2D eigenvalue weighted by atomic mass is 35.5. The van der Waals surface area contributed by atoms with Crippen molar-refractivity contribution in [1.29, 1.82) is 0 Å². The maximum absolute atomic E-state index is 11.2. The van der Waals surface area contributed by atoms with Crippen LogP contribution in [0.15, 0.2) is 18.2 Å². The molecule has 4 heteroatoms. The fourth-order valence-electron chi connectivity index (χ4n) is 1.24. The highest BCUT2D eigenvalue weighted by molar-refractivity contribution is 6.30. The molecule has 0 aliphatic heterocycles. The molecule has 0 fully saturated rings. The summed E-state index contributed by atoms with van der Waals surface area (Å²) in [5, 5.41) is 0.628. The Morgan fingerprint density at radius 2 is 2.21 bits per heavy atom. The average molecular weight is 214 g/mol. The van der Waals surface area contributed by atoms with Gasteiger partial charge in [0.15, 0.2) is 0 Å². The number of halogens is 1. The molecule has 14 heavy (non-hydrogen) atoms. The highest BCUT2D eigenvalue weighted by Crippen LogP contribution is 2.20. The summed E-state index contributed by atoms with van der Waals surface area (Å²) in [6, 6.07) is 4.46. The molecule has 2 N–H and O–H groups in total. The summed E-state index contributed by atoms with van der Waals surface area (Å²) in [4.78, 5) is 11.2. The van der Waals surface area contributed by atoms with Crippen molar-refractivity contribution in [2.45, 2.75) is 13.0 Å². The fraction of sp³-hybridized carbons (Fsp3) is 0.300. The number of carbonyl (C=O) groups is 1. The molecule has 76 valence electrons. The quantitative estimate of drug-likeness (QED) is 0.763. The van der Waals surface area contributed by atoms with Crippen LogP contribution in [0.4, 0.5) is 0 Å². The molecular formula is C10H12ClNO2. The lowest BCUT2D eigenvalue weighted by Crippen LogP contribution is -2.23. The van der Waals surface area contributed by atoms with E-state index in [-0.39, 0.29) is 0 Å². The third-order valence-electron chi connectivity index (χ3n) is 2.02. The van der Waals surface area contributed by atoms with E-state index in [1.54, 1.807) is 18.2 Å². The second-order valence-corrected chi connectivity index (χ2v) is 3.44. The van der Waals surface area contributed by atoms with Crippen molar-refractivity contribution in [2.75, 3.05) is 7.11 Å². The van der Waals surface area contributed by atoms with Gasteiger partial charge < -0.3 is 10.5 Å². The number of nitrogens with two attached hydrogens (primary N) is 1. The molecule has 0 amide bonds. The Bertz CT molecular complexity index is 352. The van der Waals surface area contributed by atoms with Crippen LogP contribution >= 0.6 is 11.6 Å². The molecule has 0 bridgehead atoms. The number of hydrogen-bond donors (Lipinski definition) is 1. The molecule has 1 rings (SSSR count). The van der Waals surface area contributed by atoms with E-state index in [9.17, 15) is 4.79 Å². The monoisotopic (exact) mass is 213 g/mol. The van der Waals surface area contributed by atoms with Gasteiger partial charge in [-0.3, -0.25) is 4.79 Å². The fourth-order valence-corrected chi connectivity index (χ4v) is 1.47. The van der Waals surface area contributed by atoms with Crippen LogP contribution in [0, 0.1) is 6.92 Å². The van der Waals surface area contributed by atoms with Gasteiger partial charge in [0.1, 0.15) is 6.04 Å². The number of hydrogen-bond acceptors (Lipinski definition) is 3. The maximum Gasteiger partial charge on any atom is 0.327 e. The van der Waals surface area contributed by atoms with E-state index in [0.717, 1.165) is 11.1 Å². The first-order chi connectivity index (χ1) is 6.56. The summed E-state index contributed by atoms with van der Waals surface area (Å²) in [6.45, 7) is 1.85. The van der Waals surface area contributed by atoms with E-state index < -0.39 is 12.0 Å². The minimum absolute atomic E-state index is 0.449. The van der Waals surface area contributed by atoms with Crippen molar-refractivity contribution < 1.29 is 9.53 Å². The predicted octanol–water partition coefficient (Wildman–Crippen LogP) is 1.82. The second kappa shape index (κ2) is 4.44. The Balaban J connectivity index is 3.01. The number of esters is 1. The number of methoxy groups -OCH3 is 1. The Hall–Kier alpha value is -1.06. The molecule has 1 aromatic rings. The lowest BCUT2D eigenvalue weighted by Gasteiger charge is -2.12. The standard InChI is InChI=1S/C10H12ClNO2/c1-6-5-7(11)3-4-8(6)9(12)10(13)14-2/h3-5,9H,12H2,1-2H3. The summed E-state index contributed by atoms with van der Waals surface area (Å²) in [5.41, 5.74) is 7.30. The van der Waals surface area contributed by atoms with Crippen LogP contribution < -0.4 is 5.73 Å². The minimum Gasteiger partial charge on any atom is -0.468 e. The van der Waals surface area contributed by atoms with Crippen LogP contribution in [0.25, 0.3) is 0 Å². The van der Waals surface area contributed by atoms with Gasteiger partial charge in [-0.25, -0.2) is 0 Å². The lowest BCUT2D eigenvalue weighted by atomic mass is 10.0. The van der Waals surface area contributed by atoms with Crippen molar-refractivity contribution in [3.8, 4) is 0 Å². The van der Waals surface area contributed by atoms with Gasteiger partial charge in [0.05, 0.1) is 7.11 Å². The Morgan fingerprint density at radius 1 is 1.57 bits per heavy atom. The molecule has 0 aliphatic rings. The SMILES string of the molecule is COC(=O)C(N)c1ccc(Cl)cc1C. The molecule has 0 saturated heterocycles. The lowest BCUT2D eigenvalue weighted by molar-refractivity contribution is -0.142. The van der Waals surface area contributed by atoms with Crippen LogP contribution in [0.1, 0.15) is 17.2 Å². The first-order valence-electron chi connectivity index (χ1n) is 4.15. The van der Waals surface area contributed by atoms with E-state index in [1.165, 1.54) is 7.11 Å². The number of rotatable bonds is 2. The molecular weight excluding hydrogens is 202 g/mol. The molecule has 0 heterocycles. The molecule has 1 aromatic carbocycles. The zero-order chi connectivity index (χ0) is 10.7. The molecule has 0 aromatic heterocycles. The van der Waals surface area contributed by atoms with Crippen molar-refractivity contribution >= 4 is 17.6 Å². The third kappa shape index (κ3) is 2.25. The largest absolute Gasteiger partial charge is 0.468 e. The normalized spacial score (nSPS) is 12.3. The number of carbonyl (C=O) groups excluding carboxylic acids is 1. The van der Waals surface area contributed by atoms with Crippen molar-refractivity contribution in [2.24, 2.45) is 5.73 Å². The van der Waals surface area contributed by atoms with E-state index >= 15 is 0 Å². The van der Waals surface area contributed by atoms with Crippen molar-refractivity contribution in [3.05, 3.63) is 34.3 Å². The molecule has 0 aliphatic carbocycles. The molecule has 0 spiro atoms. The summed E-state index contributed by atoms with van der Waals surface area (Å²) in [6.07, 6.45) is 0. The van der Waals surface area contributed by atoms with E-state index in [4.69, 9.17) is 17.3 Å². The summed E-state index contributed by atoms with van der Waals surface area (Å²) in [7, 11) is 1.31. The Morgan fingerprint density at radius 3 is 2.71 bits per heavy atom. The van der Waals surface area contributed by atoms with Crippen molar-refractivity contribution in [3.63, 3.8) is 0 Å². The van der Waals surface area contributed by atoms with Gasteiger partial charge in [-0.05, 0) is 30.2 Å². The number of ether oxygens (including phenoxy) is 1. The summed E-state index contributed by atoms with van der Waals surface area (Å²) >= 11 is 5.78. The first kappa shape index (κ1) is 11.0. The third-order valence-corrected chi connectivity index (χ3v) is 2.26. The van der Waals surface area contributed by atoms with Crippen LogP contribution in [-0.4, -0.2) is 13.1 Å². The van der Waals surface area contributed by atoms with E-state index in [1.807, 2.05) is 6.92 Å². The van der Waals surface area contributed by atoms with Gasteiger partial charge >= 0.3 is 5.97 Å². The molecule has 1 unspecified atom stereocenters. The van der Waals surface area contributed by atoms with Gasteiger partial charge in [0.2, 0.25) is 0 Å². The van der Waals surface area contributed by atoms with Gasteiger partial charge in [0.25, 0.3) is 0 Å². The predicted molar refractivity (Wildman–Crippen MR) is 55.1 cm³/mol. The van der Waals surface area contributed by atoms with E-state index in [0.29, 0.717) is 5.02 Å². The minimum atomic E-state index is -0.739. The summed E-state index contributed by atoms with van der Waals surface area (Å²) < 4.78 is 4.55. The van der Waals surface area contributed by atoms with Crippen molar-refractivity contribution in [1.82, 2.24) is 0 Å². The van der Waals surface area contributed by atoms with Gasteiger partial charge in [0, 0.05) is 5.02 Å². The smallest absolute Gasteiger partial charge is 0.327 e. The van der Waals surface area contributed by atoms with Crippen LogP contribution in [-0.2, 0) is 9.53 Å². The maximum atomic E-state index is 11.2. The van der Waals surface area contributed by atoms with Crippen LogP contribution in [0.2, 0.25) is 5.02 Å². The number of aryl methyl sites for hydroxylation is 1. The molecule has 0 radical (unpaired) electrons. The van der Waals surface area contributed by atoms with Crippen LogP contribution in [0.3, 0.4) is 0 Å². The van der Waals surface area contributed by atoms with Gasteiger partial charge in [-0.15, -0.1) is 0 Å². The van der Waals surface area contributed by atoms with Gasteiger partial charge in [-0.1, -0.05) is 17.7 Å². The first-order valence-corrected chi connectivity index (χ1v) is 4.53. The zero-order valence-electron chi connectivity index (χ0n) is 8.08. The van der Waals surface area contributed by atoms with E-state index in [2.05, 4.69) is 4.74 Å². The second-order valence-electron chi connectivity index (χ2n) is 3.00. The zero-order valence-corrected chi connectivity index (χ0v) is 8.84. The van der Waals surface area contributed by atoms with Crippen LogP contribution in [0.5, 0.6) is 0 Å². The Kier molecular flexibility index (Phi) is 3.49. The van der Waals surface area contributed by atoms with Gasteiger partial charge in [-0.2, -0.15) is 0 Å². The topological polar surface area (TPSA) is 52.3 Å². The molecule has 0 saturated carbocycles. The number of benzene rings is 1. The average Bonchev–Trinajstić information content (AvgIpc) is 2.15. The molecule has 1 atom stereocenters. The summed E-state index contributed by atoms with van der Waals surface area (Å²) in [5.74, 6) is -0.449. The Labute approximate surface area is 87.8 Å². The molecule has 3 nitrogen and oxygen atoms in total. The highest BCUT2D eigenvalue weighted by Gasteiger charge is 2.17.